The summed E-state index contributed by atoms with van der Waals surface area (Å²) in [6.45, 7) is -9.32. The third-order valence-electron chi connectivity index (χ3n) is 11.5. The maximum absolute atomic E-state index is 15.3. The lowest BCUT2D eigenvalue weighted by Gasteiger charge is -2.28. The van der Waals surface area contributed by atoms with Gasteiger partial charge in [-0.25, -0.2) is 0 Å². The van der Waals surface area contributed by atoms with Crippen molar-refractivity contribution < 1.29 is 110 Å². The average Bonchev–Trinajstić information content (AvgIpc) is 3.49. The van der Waals surface area contributed by atoms with Gasteiger partial charge in [0.2, 0.25) is 0 Å². The fourth-order valence-electron chi connectivity index (χ4n) is 6.91. The van der Waals surface area contributed by atoms with Gasteiger partial charge in [0.25, 0.3) is 53.2 Å². The van der Waals surface area contributed by atoms with Crippen LogP contribution in [0.3, 0.4) is 0 Å². The SMILES string of the molecule is O=C(NCCN(CC(O)CNC(=O)c1c(I)c(NC(=O)C(O)CO)c(I)c(C(=O)NCC(O)CO)c1I)C(=O)c1c(I)c(NC(=O)C(O)CO)c(I)c(C(=O)NCC(O)CO)c1I)c1c(I)c(NC(=O)C(O)CO)c(I)c(C(=O)NCC(O)CO)c1I. The minimum Gasteiger partial charge on any atom is -0.394 e. The molecule has 0 fully saturated rings. The second-order valence-corrected chi connectivity index (χ2v) is 27.5. The summed E-state index contributed by atoms with van der Waals surface area (Å²) in [6.07, 6.45) is -11.9. The lowest BCUT2D eigenvalue weighted by atomic mass is 10.1. The molecule has 9 amide bonds. The summed E-state index contributed by atoms with van der Waals surface area (Å²) in [7, 11) is 0. The molecule has 87 heavy (non-hydrogen) atoms. The van der Waals surface area contributed by atoms with Crippen LogP contribution in [0.1, 0.15) is 62.1 Å². The number of aliphatic hydroxyl groups excluding tert-OH is 13. The Bertz CT molecular complexity index is 3100. The Morgan fingerprint density at radius 1 is 0.333 bits per heavy atom. The third kappa shape index (κ3) is 21.5. The van der Waals surface area contributed by atoms with Gasteiger partial charge in [-0.3, -0.25) is 43.2 Å². The highest BCUT2D eigenvalue weighted by Gasteiger charge is 2.35. The van der Waals surface area contributed by atoms with Crippen LogP contribution in [0.2, 0.25) is 0 Å². The first-order valence-corrected chi connectivity index (χ1v) is 34.2. The number of hydrogen-bond donors (Lipinski definition) is 21. The number of amides is 9. The second kappa shape index (κ2) is 38.3. The van der Waals surface area contributed by atoms with Gasteiger partial charge in [0.05, 0.1) is 136 Å². The Hall–Kier alpha value is -1.06. The van der Waals surface area contributed by atoms with E-state index in [1.165, 1.54) is 0 Å². The number of nitrogens with zero attached hydrogens (tertiary/aromatic N) is 1. The van der Waals surface area contributed by atoms with E-state index in [9.17, 15) is 105 Å². The standard InChI is InChI=1S/C47H54I9N9O22/c48-27-21(30(51)36(62-39(79)18(76)11-69)31(52)22(27)44(84)59-4-15(73)8-66)42(82)57-1-2-65(47(87)26-29(50)25(46(86)61-6-17(75)10-68)34(55)38(35(26)56)64-41(81)20(78)13-71)7-14(72)3-58-43(83)23-28(49)24(45(85)60-5-16(74)9-67)33(54)37(32(23)53)63-40(80)19(77)12-70/h14-20,66-78H,1-13H2,(H,57,82)(H,58,83)(H,59,84)(H,60,85)(H,61,86)(H,62,79)(H,63,80)(H,64,81). The number of anilines is 3. The van der Waals surface area contributed by atoms with Crippen molar-refractivity contribution in [1.29, 1.82) is 0 Å². The molecule has 7 atom stereocenters. The minimum absolute atomic E-state index is 0.00687. The highest BCUT2D eigenvalue weighted by molar-refractivity contribution is 14.1. The Labute approximate surface area is 615 Å². The monoisotopic (exact) mass is 2240 g/mol. The first-order chi connectivity index (χ1) is 40.8. The first kappa shape index (κ1) is 80.2. The molecule has 0 aromatic heterocycles. The van der Waals surface area contributed by atoms with Crippen LogP contribution >= 0.6 is 203 Å². The molecule has 7 unspecified atom stereocenters. The molecular weight excluding hydrogens is 2180 g/mol. The van der Waals surface area contributed by atoms with E-state index in [1.54, 1.807) is 203 Å². The van der Waals surface area contributed by atoms with Crippen molar-refractivity contribution in [2.45, 2.75) is 42.7 Å². The molecule has 0 aliphatic heterocycles. The lowest BCUT2D eigenvalue weighted by Crippen LogP contribution is -2.46. The highest BCUT2D eigenvalue weighted by Crippen LogP contribution is 2.39. The maximum atomic E-state index is 15.3. The van der Waals surface area contributed by atoms with Gasteiger partial charge < -0.3 is 114 Å². The van der Waals surface area contributed by atoms with Gasteiger partial charge in [-0.1, -0.05) is 0 Å². The molecule has 3 aromatic rings. The number of halogens is 9. The molecule has 40 heteroatoms. The molecule has 21 N–H and O–H groups in total. The fourth-order valence-corrected chi connectivity index (χ4v) is 20.1. The topological polar surface area (TPSA) is 516 Å². The van der Waals surface area contributed by atoms with E-state index in [1.807, 2.05) is 0 Å². The summed E-state index contributed by atoms with van der Waals surface area (Å²) in [5, 5.41) is 149. The molecule has 0 spiro atoms. The zero-order valence-corrected chi connectivity index (χ0v) is 63.5. The van der Waals surface area contributed by atoms with Crippen LogP contribution in [0.5, 0.6) is 0 Å². The van der Waals surface area contributed by atoms with Gasteiger partial charge in [-0.2, -0.15) is 0 Å². The van der Waals surface area contributed by atoms with Gasteiger partial charge in [0.1, 0.15) is 0 Å². The summed E-state index contributed by atoms with van der Waals surface area (Å²) in [5.74, 6) is -9.18. The minimum atomic E-state index is -2.01. The van der Waals surface area contributed by atoms with Crippen LogP contribution in [0.25, 0.3) is 0 Å². The number of carbonyl (C=O) groups is 9. The van der Waals surface area contributed by atoms with Crippen LogP contribution in [0.15, 0.2) is 0 Å². The van der Waals surface area contributed by atoms with Gasteiger partial charge in [-0.15, -0.1) is 0 Å². The van der Waals surface area contributed by atoms with E-state index >= 15 is 4.79 Å². The van der Waals surface area contributed by atoms with Gasteiger partial charge in [0.15, 0.2) is 18.3 Å². The first-order valence-electron chi connectivity index (χ1n) is 24.5. The van der Waals surface area contributed by atoms with E-state index in [2.05, 4.69) is 42.5 Å². The Morgan fingerprint density at radius 3 is 0.839 bits per heavy atom. The van der Waals surface area contributed by atoms with Gasteiger partial charge in [-0.05, 0) is 203 Å². The maximum Gasteiger partial charge on any atom is 0.256 e. The van der Waals surface area contributed by atoms with Crippen molar-refractivity contribution in [3.05, 3.63) is 65.5 Å². The van der Waals surface area contributed by atoms with Crippen molar-refractivity contribution in [2.24, 2.45) is 0 Å². The van der Waals surface area contributed by atoms with Gasteiger partial charge >= 0.3 is 0 Å². The van der Waals surface area contributed by atoms with E-state index in [0.717, 1.165) is 4.90 Å². The molecule has 482 valence electrons. The van der Waals surface area contributed by atoms with Crippen LogP contribution in [-0.4, -0.2) is 253 Å². The lowest BCUT2D eigenvalue weighted by molar-refractivity contribution is -0.126. The van der Waals surface area contributed by atoms with Gasteiger partial charge in [0, 0.05) is 56.5 Å². The van der Waals surface area contributed by atoms with E-state index in [0.29, 0.717) is 0 Å². The summed E-state index contributed by atoms with van der Waals surface area (Å²) < 4.78 is -0.246. The summed E-state index contributed by atoms with van der Waals surface area (Å²) in [6, 6.07) is 0. The Balaban J connectivity index is 2.29. The Kier molecular flexibility index (Phi) is 35.3. The number of hydrogen-bond acceptors (Lipinski definition) is 22. The molecule has 3 aromatic carbocycles. The molecule has 0 aliphatic rings. The zero-order valence-electron chi connectivity index (χ0n) is 44.1. The number of benzene rings is 3. The summed E-state index contributed by atoms with van der Waals surface area (Å²) in [4.78, 5) is 125. The molecule has 3 rings (SSSR count). The normalized spacial score (nSPS) is 13.6. The molecule has 0 heterocycles. The van der Waals surface area contributed by atoms with Crippen molar-refractivity contribution in [1.82, 2.24) is 31.5 Å². The molecule has 0 radical (unpaired) electrons. The van der Waals surface area contributed by atoms with E-state index in [4.69, 9.17) is 0 Å². The van der Waals surface area contributed by atoms with Crippen molar-refractivity contribution >= 4 is 274 Å². The quantitative estimate of drug-likeness (QED) is 0.0284. The van der Waals surface area contributed by atoms with Crippen molar-refractivity contribution in [3.8, 4) is 0 Å². The molecule has 0 saturated carbocycles. The smallest absolute Gasteiger partial charge is 0.256 e. The number of aliphatic hydroxyl groups is 13. The van der Waals surface area contributed by atoms with E-state index in [-0.39, 0.29) is 82.6 Å². The number of nitrogens with one attached hydrogen (secondary N) is 8. The fraction of sp³-hybridized carbons (Fsp3) is 0.426. The van der Waals surface area contributed by atoms with Crippen LogP contribution in [-0.2, 0) is 14.4 Å². The Morgan fingerprint density at radius 2 is 0.575 bits per heavy atom. The summed E-state index contributed by atoms with van der Waals surface area (Å²) >= 11 is 15.1. The number of carbonyl (C=O) groups excluding carboxylic acids is 9. The largest absolute Gasteiger partial charge is 0.394 e. The number of rotatable bonds is 31. The zero-order chi connectivity index (χ0) is 66.1. The van der Waals surface area contributed by atoms with Crippen molar-refractivity contribution in [3.63, 3.8) is 0 Å². The third-order valence-corrected chi connectivity index (χ3v) is 21.2. The van der Waals surface area contributed by atoms with Crippen LogP contribution in [0.4, 0.5) is 17.1 Å². The average molecular weight is 2240 g/mol. The molecular formula is C47H54I9N9O22. The summed E-state index contributed by atoms with van der Waals surface area (Å²) in [5.41, 5.74) is -2.23. The second-order valence-electron chi connectivity index (χ2n) is 17.8. The van der Waals surface area contributed by atoms with Crippen LogP contribution < -0.4 is 42.5 Å². The molecule has 31 nitrogen and oxygen atoms in total. The van der Waals surface area contributed by atoms with Crippen molar-refractivity contribution in [2.75, 3.05) is 101 Å². The molecule has 0 saturated heterocycles. The molecule has 0 aliphatic carbocycles. The highest BCUT2D eigenvalue weighted by atomic mass is 127. The van der Waals surface area contributed by atoms with E-state index < -0.39 is 181 Å². The molecule has 0 bridgehead atoms. The predicted octanol–water partition coefficient (Wildman–Crippen LogP) is -3.08. The van der Waals surface area contributed by atoms with Crippen LogP contribution in [0, 0.1) is 32.1 Å². The predicted molar refractivity (Wildman–Crippen MR) is 382 cm³/mol.